The van der Waals surface area contributed by atoms with Crippen LogP contribution in [0, 0.1) is 0 Å². The van der Waals surface area contributed by atoms with Crippen LogP contribution >= 0.6 is 0 Å². The molecule has 18 heavy (non-hydrogen) atoms. The summed E-state index contributed by atoms with van der Waals surface area (Å²) in [7, 11) is 2.95. The topological polar surface area (TPSA) is 47.6 Å². The molecular formula is C14H19NO3. The molecule has 2 rings (SSSR count). The van der Waals surface area contributed by atoms with Gasteiger partial charge in [-0.15, -0.1) is 0 Å². The highest BCUT2D eigenvalue weighted by molar-refractivity contribution is 5.92. The van der Waals surface area contributed by atoms with Gasteiger partial charge in [0.1, 0.15) is 11.3 Å². The summed E-state index contributed by atoms with van der Waals surface area (Å²) in [6, 6.07) is 5.73. The maximum absolute atomic E-state index is 11.6. The molecule has 1 heterocycles. The lowest BCUT2D eigenvalue weighted by atomic mass is 9.91. The van der Waals surface area contributed by atoms with E-state index in [1.54, 1.807) is 13.2 Å². The monoisotopic (exact) mass is 249 g/mol. The summed E-state index contributed by atoms with van der Waals surface area (Å²) < 4.78 is 10.0. The lowest BCUT2D eigenvalue weighted by molar-refractivity contribution is 0.0597. The van der Waals surface area contributed by atoms with Crippen molar-refractivity contribution in [3.63, 3.8) is 0 Å². The van der Waals surface area contributed by atoms with E-state index in [1.807, 2.05) is 12.1 Å². The Kier molecular flexibility index (Phi) is 4.20. The molecule has 4 heteroatoms. The van der Waals surface area contributed by atoms with Gasteiger partial charge in [0, 0.05) is 6.54 Å². The molecule has 0 aromatic heterocycles. The Labute approximate surface area is 107 Å². The van der Waals surface area contributed by atoms with Gasteiger partial charge in [-0.25, -0.2) is 4.79 Å². The molecule has 1 fully saturated rings. The lowest BCUT2D eigenvalue weighted by Gasteiger charge is -2.23. The fraction of sp³-hybridized carbons (Fsp3) is 0.500. The van der Waals surface area contributed by atoms with Gasteiger partial charge in [0.15, 0.2) is 0 Å². The number of hydrogen-bond donors (Lipinski definition) is 1. The molecule has 0 bridgehead atoms. The van der Waals surface area contributed by atoms with Crippen molar-refractivity contribution in [3.8, 4) is 5.75 Å². The van der Waals surface area contributed by atoms with Crippen LogP contribution in [-0.2, 0) is 4.74 Å². The first-order valence-electron chi connectivity index (χ1n) is 6.23. The molecular weight excluding hydrogens is 230 g/mol. The van der Waals surface area contributed by atoms with E-state index in [0.717, 1.165) is 13.1 Å². The first-order chi connectivity index (χ1) is 8.76. The van der Waals surface area contributed by atoms with Gasteiger partial charge in [0.05, 0.1) is 14.2 Å². The standard InChI is InChI=1S/C14H19NO3/c1-17-13-8-10(11-4-3-7-15-9-11)5-6-12(13)14(16)18-2/h5-6,8,11,15H,3-4,7,9H2,1-2H3. The number of nitrogens with one attached hydrogen (secondary N) is 1. The van der Waals surface area contributed by atoms with E-state index in [4.69, 9.17) is 9.47 Å². The molecule has 0 amide bonds. The van der Waals surface area contributed by atoms with Gasteiger partial charge in [-0.3, -0.25) is 0 Å². The zero-order chi connectivity index (χ0) is 13.0. The highest BCUT2D eigenvalue weighted by Gasteiger charge is 2.19. The van der Waals surface area contributed by atoms with Gasteiger partial charge in [0.25, 0.3) is 0 Å². The molecule has 1 N–H and O–H groups in total. The Morgan fingerprint density at radius 2 is 2.22 bits per heavy atom. The second-order valence-corrected chi connectivity index (χ2v) is 4.49. The van der Waals surface area contributed by atoms with Gasteiger partial charge in [-0.2, -0.15) is 0 Å². The number of benzene rings is 1. The number of carbonyl (C=O) groups excluding carboxylic acids is 1. The van der Waals surface area contributed by atoms with E-state index < -0.39 is 0 Å². The van der Waals surface area contributed by atoms with E-state index in [2.05, 4.69) is 5.32 Å². The van der Waals surface area contributed by atoms with Crippen molar-refractivity contribution in [1.82, 2.24) is 5.32 Å². The predicted molar refractivity (Wildman–Crippen MR) is 69.2 cm³/mol. The number of piperidine rings is 1. The Morgan fingerprint density at radius 1 is 1.39 bits per heavy atom. The largest absolute Gasteiger partial charge is 0.496 e. The van der Waals surface area contributed by atoms with Crippen molar-refractivity contribution < 1.29 is 14.3 Å². The summed E-state index contributed by atoms with van der Waals surface area (Å²) in [6.07, 6.45) is 2.36. The van der Waals surface area contributed by atoms with Crippen molar-refractivity contribution in [2.24, 2.45) is 0 Å². The summed E-state index contributed by atoms with van der Waals surface area (Å²) in [5, 5.41) is 3.39. The molecule has 98 valence electrons. The Morgan fingerprint density at radius 3 is 2.83 bits per heavy atom. The van der Waals surface area contributed by atoms with Crippen LogP contribution in [0.25, 0.3) is 0 Å². The molecule has 0 saturated carbocycles. The van der Waals surface area contributed by atoms with Crippen LogP contribution in [0.5, 0.6) is 5.75 Å². The summed E-state index contributed by atoms with van der Waals surface area (Å²) in [5.74, 6) is 0.726. The average Bonchev–Trinajstić information content (AvgIpc) is 2.46. The molecule has 1 unspecified atom stereocenters. The van der Waals surface area contributed by atoms with Crippen LogP contribution in [0.1, 0.15) is 34.7 Å². The number of ether oxygens (including phenoxy) is 2. The third kappa shape index (κ3) is 2.64. The number of esters is 1. The predicted octanol–water partition coefficient (Wildman–Crippen LogP) is 1.95. The van der Waals surface area contributed by atoms with Crippen molar-refractivity contribution in [3.05, 3.63) is 29.3 Å². The van der Waals surface area contributed by atoms with Crippen LogP contribution in [-0.4, -0.2) is 33.3 Å². The van der Waals surface area contributed by atoms with Crippen LogP contribution in [0.4, 0.5) is 0 Å². The highest BCUT2D eigenvalue weighted by atomic mass is 16.5. The Balaban J connectivity index is 2.26. The normalized spacial score (nSPS) is 19.3. The van der Waals surface area contributed by atoms with Crippen LogP contribution in [0.3, 0.4) is 0 Å². The second-order valence-electron chi connectivity index (χ2n) is 4.49. The molecule has 0 radical (unpaired) electrons. The number of rotatable bonds is 3. The first-order valence-corrected chi connectivity index (χ1v) is 6.23. The molecule has 1 saturated heterocycles. The fourth-order valence-electron chi connectivity index (χ4n) is 2.38. The molecule has 0 aliphatic carbocycles. The zero-order valence-corrected chi connectivity index (χ0v) is 10.9. The van der Waals surface area contributed by atoms with Gasteiger partial charge < -0.3 is 14.8 Å². The summed E-state index contributed by atoms with van der Waals surface area (Å²) >= 11 is 0. The SMILES string of the molecule is COC(=O)c1ccc(C2CCCNC2)cc1OC. The molecule has 4 nitrogen and oxygen atoms in total. The highest BCUT2D eigenvalue weighted by Crippen LogP contribution is 2.29. The maximum Gasteiger partial charge on any atom is 0.341 e. The van der Waals surface area contributed by atoms with Crippen molar-refractivity contribution in [2.75, 3.05) is 27.3 Å². The van der Waals surface area contributed by atoms with Gasteiger partial charge >= 0.3 is 5.97 Å². The molecule has 1 aliphatic rings. The minimum atomic E-state index is -0.361. The number of hydrogen-bond acceptors (Lipinski definition) is 4. The smallest absolute Gasteiger partial charge is 0.341 e. The van der Waals surface area contributed by atoms with Crippen molar-refractivity contribution >= 4 is 5.97 Å². The van der Waals surface area contributed by atoms with Crippen LogP contribution < -0.4 is 10.1 Å². The summed E-state index contributed by atoms with van der Waals surface area (Å²) in [5.41, 5.74) is 1.69. The molecule has 1 aromatic rings. The molecule has 1 aliphatic heterocycles. The first kappa shape index (κ1) is 12.9. The second kappa shape index (κ2) is 5.87. The van der Waals surface area contributed by atoms with E-state index in [1.165, 1.54) is 25.5 Å². The van der Waals surface area contributed by atoms with E-state index >= 15 is 0 Å². The number of carbonyl (C=O) groups is 1. The van der Waals surface area contributed by atoms with Crippen LogP contribution in [0.15, 0.2) is 18.2 Å². The van der Waals surface area contributed by atoms with E-state index in [9.17, 15) is 4.79 Å². The molecule has 0 spiro atoms. The van der Waals surface area contributed by atoms with E-state index in [0.29, 0.717) is 17.2 Å². The summed E-state index contributed by atoms with van der Waals surface area (Å²) in [6.45, 7) is 2.08. The van der Waals surface area contributed by atoms with Gasteiger partial charge in [0.2, 0.25) is 0 Å². The lowest BCUT2D eigenvalue weighted by Crippen LogP contribution is -2.28. The maximum atomic E-state index is 11.6. The molecule has 1 aromatic carbocycles. The number of methoxy groups -OCH3 is 2. The Hall–Kier alpha value is -1.55. The third-order valence-electron chi connectivity index (χ3n) is 3.40. The van der Waals surface area contributed by atoms with Crippen LogP contribution in [0.2, 0.25) is 0 Å². The Bertz CT molecular complexity index is 425. The minimum absolute atomic E-state index is 0.361. The van der Waals surface area contributed by atoms with E-state index in [-0.39, 0.29) is 5.97 Å². The van der Waals surface area contributed by atoms with Crippen molar-refractivity contribution in [2.45, 2.75) is 18.8 Å². The zero-order valence-electron chi connectivity index (χ0n) is 10.9. The van der Waals surface area contributed by atoms with Gasteiger partial charge in [-0.05, 0) is 43.0 Å². The molecule has 1 atom stereocenters. The third-order valence-corrected chi connectivity index (χ3v) is 3.40. The quantitative estimate of drug-likeness (QED) is 0.832. The van der Waals surface area contributed by atoms with Crippen molar-refractivity contribution in [1.29, 1.82) is 0 Å². The average molecular weight is 249 g/mol. The van der Waals surface area contributed by atoms with Gasteiger partial charge in [-0.1, -0.05) is 6.07 Å². The minimum Gasteiger partial charge on any atom is -0.496 e. The summed E-state index contributed by atoms with van der Waals surface area (Å²) in [4.78, 5) is 11.6. The fourth-order valence-corrected chi connectivity index (χ4v) is 2.38.